The first-order valence-corrected chi connectivity index (χ1v) is 5.55. The molecule has 0 aliphatic carbocycles. The highest BCUT2D eigenvalue weighted by Crippen LogP contribution is 2.15. The number of furan rings is 1. The Morgan fingerprint density at radius 1 is 1.42 bits per heavy atom. The summed E-state index contributed by atoms with van der Waals surface area (Å²) in [6.07, 6.45) is 2.07. The molecule has 0 radical (unpaired) electrons. The minimum atomic E-state index is -0.843. The number of halogens is 1. The zero-order valence-corrected chi connectivity index (χ0v) is 10.9. The number of hydrogen-bond acceptors (Lipinski definition) is 4. The van der Waals surface area contributed by atoms with Crippen LogP contribution in [0.3, 0.4) is 0 Å². The van der Waals surface area contributed by atoms with Gasteiger partial charge in [-0.3, -0.25) is 10.2 Å². The van der Waals surface area contributed by atoms with Crippen molar-refractivity contribution in [1.29, 1.82) is 5.41 Å². The second-order valence-electron chi connectivity index (χ2n) is 3.80. The molecule has 0 spiro atoms. The summed E-state index contributed by atoms with van der Waals surface area (Å²) >= 11 is 0. The lowest BCUT2D eigenvalue weighted by Crippen LogP contribution is -2.22. The molecule has 0 aliphatic rings. The van der Waals surface area contributed by atoms with E-state index in [-0.39, 0.29) is 24.3 Å². The third-order valence-corrected chi connectivity index (χ3v) is 2.44. The molecule has 0 unspecified atom stereocenters. The molecule has 2 heterocycles. The van der Waals surface area contributed by atoms with Crippen LogP contribution in [-0.2, 0) is 11.3 Å². The summed E-state index contributed by atoms with van der Waals surface area (Å²) in [6, 6.07) is 6.87. The molecule has 2 aromatic heterocycles. The van der Waals surface area contributed by atoms with E-state index < -0.39 is 5.97 Å². The Labute approximate surface area is 115 Å². The standard InChI is InChI=1S/C12H13N3O3.ClH/c13-11-6-5-9(10-3-2-8-18-10)14-15(11)7-1-4-12(16)17;/h2-3,5-6,8,13H,1,4,7H2,(H,16,17);1H. The number of aromatic nitrogens is 2. The van der Waals surface area contributed by atoms with Gasteiger partial charge in [0, 0.05) is 13.0 Å². The number of aryl methyl sites for hydroxylation is 1. The minimum absolute atomic E-state index is 0. The first kappa shape index (κ1) is 15.0. The molecule has 7 heteroatoms. The average molecular weight is 284 g/mol. The van der Waals surface area contributed by atoms with Crippen molar-refractivity contribution in [1.82, 2.24) is 9.78 Å². The van der Waals surface area contributed by atoms with Gasteiger partial charge in [0.15, 0.2) is 5.76 Å². The molecule has 0 saturated carbocycles. The lowest BCUT2D eigenvalue weighted by molar-refractivity contribution is -0.137. The highest BCUT2D eigenvalue weighted by Gasteiger charge is 2.05. The number of nitrogens with one attached hydrogen (secondary N) is 1. The second-order valence-corrected chi connectivity index (χ2v) is 3.80. The van der Waals surface area contributed by atoms with Gasteiger partial charge in [0.2, 0.25) is 0 Å². The van der Waals surface area contributed by atoms with Crippen LogP contribution in [0.15, 0.2) is 34.9 Å². The number of aliphatic carboxylic acids is 1. The third-order valence-electron chi connectivity index (χ3n) is 2.44. The zero-order valence-electron chi connectivity index (χ0n) is 10.1. The quantitative estimate of drug-likeness (QED) is 0.877. The van der Waals surface area contributed by atoms with E-state index in [9.17, 15) is 4.79 Å². The van der Waals surface area contributed by atoms with Crippen LogP contribution in [-0.4, -0.2) is 20.9 Å². The van der Waals surface area contributed by atoms with Crippen LogP contribution >= 0.6 is 12.4 Å². The monoisotopic (exact) mass is 283 g/mol. The molecule has 0 aromatic carbocycles. The molecule has 0 aliphatic heterocycles. The Kier molecular flexibility index (Phi) is 5.32. The fraction of sp³-hybridized carbons (Fsp3) is 0.250. The van der Waals surface area contributed by atoms with Crippen molar-refractivity contribution < 1.29 is 14.3 Å². The predicted octanol–water partition coefficient (Wildman–Crippen LogP) is 1.91. The second kappa shape index (κ2) is 6.75. The summed E-state index contributed by atoms with van der Waals surface area (Å²) in [5.74, 6) is -0.216. The molecule has 0 saturated heterocycles. The van der Waals surface area contributed by atoms with Crippen molar-refractivity contribution in [2.75, 3.05) is 0 Å². The van der Waals surface area contributed by atoms with Crippen molar-refractivity contribution in [3.8, 4) is 11.5 Å². The van der Waals surface area contributed by atoms with Crippen molar-refractivity contribution in [3.05, 3.63) is 36.0 Å². The van der Waals surface area contributed by atoms with E-state index in [0.29, 0.717) is 24.4 Å². The largest absolute Gasteiger partial charge is 0.481 e. The fourth-order valence-corrected chi connectivity index (χ4v) is 1.57. The number of carboxylic acids is 1. The Morgan fingerprint density at radius 3 is 2.84 bits per heavy atom. The van der Waals surface area contributed by atoms with Crippen molar-refractivity contribution in [3.63, 3.8) is 0 Å². The van der Waals surface area contributed by atoms with Gasteiger partial charge in [0.05, 0.1) is 6.26 Å². The third kappa shape index (κ3) is 3.96. The fourth-order valence-electron chi connectivity index (χ4n) is 1.57. The molecule has 0 atom stereocenters. The summed E-state index contributed by atoms with van der Waals surface area (Å²) in [7, 11) is 0. The van der Waals surface area contributed by atoms with Gasteiger partial charge >= 0.3 is 5.97 Å². The highest BCUT2D eigenvalue weighted by atomic mass is 35.5. The van der Waals surface area contributed by atoms with E-state index in [2.05, 4.69) is 5.10 Å². The summed E-state index contributed by atoms with van der Waals surface area (Å²) in [6.45, 7) is 0.402. The minimum Gasteiger partial charge on any atom is -0.481 e. The highest BCUT2D eigenvalue weighted by molar-refractivity contribution is 5.85. The van der Waals surface area contributed by atoms with Crippen molar-refractivity contribution in [2.24, 2.45) is 0 Å². The number of hydrogen-bond donors (Lipinski definition) is 2. The molecule has 0 fully saturated rings. The maximum absolute atomic E-state index is 10.4. The van der Waals surface area contributed by atoms with Crippen LogP contribution in [0.1, 0.15) is 12.8 Å². The number of rotatable bonds is 5. The summed E-state index contributed by atoms with van der Waals surface area (Å²) in [5.41, 5.74) is 0.877. The average Bonchev–Trinajstić information content (AvgIpc) is 2.84. The molecule has 0 bridgehead atoms. The molecule has 6 nitrogen and oxygen atoms in total. The van der Waals surface area contributed by atoms with Gasteiger partial charge in [-0.25, -0.2) is 4.68 Å². The van der Waals surface area contributed by atoms with Gasteiger partial charge in [-0.05, 0) is 30.7 Å². The smallest absolute Gasteiger partial charge is 0.303 e. The number of nitrogens with zero attached hydrogens (tertiary/aromatic N) is 2. The van der Waals surface area contributed by atoms with E-state index in [1.54, 1.807) is 30.5 Å². The summed E-state index contributed by atoms with van der Waals surface area (Å²) < 4.78 is 6.70. The molecule has 2 N–H and O–H groups in total. The van der Waals surface area contributed by atoms with E-state index in [4.69, 9.17) is 14.9 Å². The molecule has 2 aromatic rings. The SMILES string of the molecule is Cl.N=c1ccc(-c2ccco2)nn1CCCC(=O)O. The van der Waals surface area contributed by atoms with Crippen LogP contribution in [0.25, 0.3) is 11.5 Å². The number of carboxylic acid groups (broad SMARTS) is 1. The van der Waals surface area contributed by atoms with Gasteiger partial charge in [-0.2, -0.15) is 5.10 Å². The van der Waals surface area contributed by atoms with Gasteiger partial charge in [0.25, 0.3) is 0 Å². The first-order chi connectivity index (χ1) is 8.66. The Balaban J connectivity index is 0.00000180. The van der Waals surface area contributed by atoms with E-state index in [0.717, 1.165) is 0 Å². The molecule has 2 rings (SSSR count). The van der Waals surface area contributed by atoms with Gasteiger partial charge in [-0.15, -0.1) is 12.4 Å². The summed E-state index contributed by atoms with van der Waals surface area (Å²) in [4.78, 5) is 10.4. The number of carbonyl (C=O) groups is 1. The van der Waals surface area contributed by atoms with E-state index in [1.165, 1.54) is 4.68 Å². The van der Waals surface area contributed by atoms with Crippen LogP contribution in [0.4, 0.5) is 0 Å². The first-order valence-electron chi connectivity index (χ1n) is 5.55. The topological polar surface area (TPSA) is 92.1 Å². The van der Waals surface area contributed by atoms with Gasteiger partial charge < -0.3 is 9.52 Å². The lowest BCUT2D eigenvalue weighted by Gasteiger charge is -2.06. The van der Waals surface area contributed by atoms with Gasteiger partial charge in [0.1, 0.15) is 11.2 Å². The Hall–Kier alpha value is -2.08. The predicted molar refractivity (Wildman–Crippen MR) is 69.9 cm³/mol. The summed E-state index contributed by atoms with van der Waals surface area (Å²) in [5, 5.41) is 20.5. The van der Waals surface area contributed by atoms with Crippen LogP contribution in [0.2, 0.25) is 0 Å². The lowest BCUT2D eigenvalue weighted by atomic mass is 10.3. The molecule has 102 valence electrons. The van der Waals surface area contributed by atoms with Crippen LogP contribution < -0.4 is 5.49 Å². The van der Waals surface area contributed by atoms with E-state index in [1.807, 2.05) is 0 Å². The maximum Gasteiger partial charge on any atom is 0.303 e. The normalized spacial score (nSPS) is 9.89. The molecule has 19 heavy (non-hydrogen) atoms. The van der Waals surface area contributed by atoms with Crippen molar-refractivity contribution >= 4 is 18.4 Å². The Morgan fingerprint density at radius 2 is 2.21 bits per heavy atom. The molecular formula is C12H14ClN3O3. The van der Waals surface area contributed by atoms with Gasteiger partial charge in [-0.1, -0.05) is 0 Å². The molecule has 0 amide bonds. The zero-order chi connectivity index (χ0) is 13.0. The molecular weight excluding hydrogens is 270 g/mol. The van der Waals surface area contributed by atoms with Crippen molar-refractivity contribution in [2.45, 2.75) is 19.4 Å². The maximum atomic E-state index is 10.4. The van der Waals surface area contributed by atoms with Crippen LogP contribution in [0.5, 0.6) is 0 Å². The van der Waals surface area contributed by atoms with Crippen LogP contribution in [0, 0.1) is 5.41 Å². The Bertz CT molecular complexity index is 593. The van der Waals surface area contributed by atoms with E-state index >= 15 is 0 Å².